The molecule has 3 rings (SSSR count). The van der Waals surface area contributed by atoms with Gasteiger partial charge in [0.25, 0.3) is 0 Å². The Morgan fingerprint density at radius 2 is 1.87 bits per heavy atom. The molecule has 0 spiro atoms. The molecule has 1 atom stereocenters. The number of piperazine rings is 1. The van der Waals surface area contributed by atoms with Gasteiger partial charge in [-0.1, -0.05) is 0 Å². The van der Waals surface area contributed by atoms with Crippen molar-refractivity contribution in [3.63, 3.8) is 0 Å². The third-order valence-electron chi connectivity index (χ3n) is 4.40. The van der Waals surface area contributed by atoms with Gasteiger partial charge in [0.1, 0.15) is 5.82 Å². The lowest BCUT2D eigenvalue weighted by atomic mass is 10.2. The highest BCUT2D eigenvalue weighted by Crippen LogP contribution is 2.08. The summed E-state index contributed by atoms with van der Waals surface area (Å²) in [6.45, 7) is 9.30. The molecule has 0 aliphatic carbocycles. The zero-order valence-electron chi connectivity index (χ0n) is 13.8. The third kappa shape index (κ3) is 4.40. The Kier molecular flexibility index (Phi) is 5.43. The summed E-state index contributed by atoms with van der Waals surface area (Å²) in [4.78, 5) is 9.21. The van der Waals surface area contributed by atoms with Gasteiger partial charge in [0, 0.05) is 64.1 Å². The average Bonchev–Trinajstić information content (AvgIpc) is 3.20. The van der Waals surface area contributed by atoms with Crippen LogP contribution in [0.25, 0.3) is 0 Å². The predicted octanol–water partition coefficient (Wildman–Crippen LogP) is 0.278. The predicted molar refractivity (Wildman–Crippen MR) is 87.9 cm³/mol. The van der Waals surface area contributed by atoms with Crippen molar-refractivity contribution < 1.29 is 5.11 Å². The maximum atomic E-state index is 10.2. The van der Waals surface area contributed by atoms with E-state index in [1.54, 1.807) is 10.9 Å². The number of aryl methyl sites for hydroxylation is 1. The van der Waals surface area contributed by atoms with Crippen molar-refractivity contribution in [2.75, 3.05) is 32.7 Å². The number of aliphatic hydroxyl groups excluding tert-OH is 1. The number of aromatic nitrogens is 4. The van der Waals surface area contributed by atoms with Crippen LogP contribution in [0.15, 0.2) is 30.9 Å². The number of hydrogen-bond donors (Lipinski definition) is 1. The van der Waals surface area contributed by atoms with E-state index >= 15 is 0 Å². The molecule has 0 radical (unpaired) electrons. The minimum absolute atomic E-state index is 0.375. The van der Waals surface area contributed by atoms with E-state index in [0.717, 1.165) is 45.1 Å². The Morgan fingerprint density at radius 1 is 1.09 bits per heavy atom. The first-order valence-electron chi connectivity index (χ1n) is 8.35. The lowest BCUT2D eigenvalue weighted by Gasteiger charge is -2.35. The Hall–Kier alpha value is -1.70. The molecule has 0 unspecified atom stereocenters. The Morgan fingerprint density at radius 3 is 2.57 bits per heavy atom. The van der Waals surface area contributed by atoms with Crippen LogP contribution in [0.5, 0.6) is 0 Å². The van der Waals surface area contributed by atoms with Crippen molar-refractivity contribution in [3.8, 4) is 0 Å². The maximum absolute atomic E-state index is 10.2. The van der Waals surface area contributed by atoms with Crippen LogP contribution in [-0.4, -0.2) is 73.1 Å². The van der Waals surface area contributed by atoms with Gasteiger partial charge >= 0.3 is 0 Å². The fraction of sp³-hybridized carbons (Fsp3) is 0.625. The quantitative estimate of drug-likeness (QED) is 0.794. The van der Waals surface area contributed by atoms with Gasteiger partial charge in [0.2, 0.25) is 0 Å². The molecule has 23 heavy (non-hydrogen) atoms. The summed E-state index contributed by atoms with van der Waals surface area (Å²) in [6, 6.07) is 1.88. The van der Waals surface area contributed by atoms with E-state index in [0.29, 0.717) is 13.1 Å². The molecule has 2 aromatic rings. The van der Waals surface area contributed by atoms with Crippen LogP contribution in [-0.2, 0) is 19.6 Å². The Bertz CT molecular complexity index is 573. The van der Waals surface area contributed by atoms with Crippen LogP contribution in [0.3, 0.4) is 0 Å². The second kappa shape index (κ2) is 7.72. The fourth-order valence-corrected chi connectivity index (χ4v) is 3.09. The number of aliphatic hydroxyl groups is 1. The van der Waals surface area contributed by atoms with Gasteiger partial charge in [-0.15, -0.1) is 0 Å². The van der Waals surface area contributed by atoms with Crippen molar-refractivity contribution >= 4 is 0 Å². The largest absolute Gasteiger partial charge is 0.390 e. The number of hydrogen-bond acceptors (Lipinski definition) is 5. The van der Waals surface area contributed by atoms with Crippen LogP contribution in [0, 0.1) is 0 Å². The summed E-state index contributed by atoms with van der Waals surface area (Å²) in [5, 5.41) is 14.3. The molecular weight excluding hydrogens is 292 g/mol. The van der Waals surface area contributed by atoms with E-state index < -0.39 is 0 Å². The summed E-state index contributed by atoms with van der Waals surface area (Å²) in [5.41, 5.74) is 0. The Balaban J connectivity index is 1.41. The minimum Gasteiger partial charge on any atom is -0.390 e. The number of rotatable bonds is 7. The van der Waals surface area contributed by atoms with E-state index in [2.05, 4.69) is 31.4 Å². The number of β-amino-alcohol motifs (C(OH)–C–C–N with tert-alkyl or cyclic N) is 1. The van der Waals surface area contributed by atoms with Crippen molar-refractivity contribution in [1.29, 1.82) is 0 Å². The molecule has 0 aromatic carbocycles. The molecule has 7 heteroatoms. The molecular formula is C16H26N6O. The first-order valence-corrected chi connectivity index (χ1v) is 8.35. The van der Waals surface area contributed by atoms with Crippen molar-refractivity contribution in [1.82, 2.24) is 29.1 Å². The number of nitrogens with zero attached hydrogens (tertiary/aromatic N) is 6. The van der Waals surface area contributed by atoms with E-state index in [1.807, 2.05) is 24.7 Å². The molecule has 0 saturated carbocycles. The summed E-state index contributed by atoms with van der Waals surface area (Å²) >= 11 is 0. The first kappa shape index (κ1) is 16.2. The fourth-order valence-electron chi connectivity index (χ4n) is 3.09. The first-order chi connectivity index (χ1) is 11.2. The number of imidazole rings is 1. The second-order valence-electron chi connectivity index (χ2n) is 6.09. The van der Waals surface area contributed by atoms with Gasteiger partial charge in [-0.25, -0.2) is 4.98 Å². The summed E-state index contributed by atoms with van der Waals surface area (Å²) < 4.78 is 3.98. The highest BCUT2D eigenvalue weighted by molar-refractivity contribution is 4.93. The third-order valence-corrected chi connectivity index (χ3v) is 4.40. The van der Waals surface area contributed by atoms with Gasteiger partial charge < -0.3 is 9.67 Å². The topological polar surface area (TPSA) is 62.4 Å². The van der Waals surface area contributed by atoms with Crippen molar-refractivity contribution in [2.24, 2.45) is 0 Å². The van der Waals surface area contributed by atoms with Crippen LogP contribution in [0.4, 0.5) is 0 Å². The van der Waals surface area contributed by atoms with Gasteiger partial charge in [-0.3, -0.25) is 14.5 Å². The standard InChI is InChI=1S/C16H26N6O/c1-2-21-7-5-17-16(21)14-20-10-8-19(9-11-20)12-15(23)13-22-6-3-4-18-22/h3-7,15,23H,2,8-14H2,1H3/t15-/m1/s1. The normalized spacial score (nSPS) is 18.3. The van der Waals surface area contributed by atoms with Crippen LogP contribution < -0.4 is 0 Å². The van der Waals surface area contributed by atoms with Gasteiger partial charge in [0.05, 0.1) is 19.2 Å². The zero-order chi connectivity index (χ0) is 16.1. The van der Waals surface area contributed by atoms with Crippen LogP contribution >= 0.6 is 0 Å². The van der Waals surface area contributed by atoms with E-state index in [-0.39, 0.29) is 6.10 Å². The molecule has 1 N–H and O–H groups in total. The molecule has 7 nitrogen and oxygen atoms in total. The Labute approximate surface area is 137 Å². The minimum atomic E-state index is -0.375. The highest BCUT2D eigenvalue weighted by atomic mass is 16.3. The zero-order valence-corrected chi connectivity index (χ0v) is 13.8. The van der Waals surface area contributed by atoms with Crippen molar-refractivity contribution in [2.45, 2.75) is 32.7 Å². The summed E-state index contributed by atoms with van der Waals surface area (Å²) in [5.74, 6) is 1.14. The summed E-state index contributed by atoms with van der Waals surface area (Å²) in [6.07, 6.45) is 7.17. The maximum Gasteiger partial charge on any atom is 0.122 e. The second-order valence-corrected chi connectivity index (χ2v) is 6.09. The highest BCUT2D eigenvalue weighted by Gasteiger charge is 2.20. The molecule has 126 valence electrons. The van der Waals surface area contributed by atoms with Gasteiger partial charge in [0.15, 0.2) is 0 Å². The molecule has 1 aliphatic heterocycles. The van der Waals surface area contributed by atoms with Gasteiger partial charge in [-0.05, 0) is 13.0 Å². The van der Waals surface area contributed by atoms with Crippen LogP contribution in [0.2, 0.25) is 0 Å². The monoisotopic (exact) mass is 318 g/mol. The van der Waals surface area contributed by atoms with E-state index in [9.17, 15) is 5.11 Å². The van der Waals surface area contributed by atoms with E-state index in [4.69, 9.17) is 0 Å². The van der Waals surface area contributed by atoms with Crippen molar-refractivity contribution in [3.05, 3.63) is 36.7 Å². The van der Waals surface area contributed by atoms with Gasteiger partial charge in [-0.2, -0.15) is 5.10 Å². The lowest BCUT2D eigenvalue weighted by Crippen LogP contribution is -2.48. The molecule has 1 fully saturated rings. The molecule has 2 aromatic heterocycles. The van der Waals surface area contributed by atoms with E-state index in [1.165, 1.54) is 0 Å². The molecule has 0 amide bonds. The molecule has 1 saturated heterocycles. The molecule has 1 aliphatic rings. The SMILES string of the molecule is CCn1ccnc1CN1CCN(C[C@@H](O)Cn2cccn2)CC1. The lowest BCUT2D eigenvalue weighted by molar-refractivity contribution is 0.0595. The summed E-state index contributed by atoms with van der Waals surface area (Å²) in [7, 11) is 0. The average molecular weight is 318 g/mol. The van der Waals surface area contributed by atoms with Crippen LogP contribution in [0.1, 0.15) is 12.7 Å². The smallest absolute Gasteiger partial charge is 0.122 e. The molecule has 0 bridgehead atoms. The molecule has 3 heterocycles.